The van der Waals surface area contributed by atoms with Crippen molar-refractivity contribution < 1.29 is 92.4 Å². The van der Waals surface area contributed by atoms with Crippen LogP contribution in [0.1, 0.15) is 17.7 Å². The molecule has 0 aliphatic rings. The number of methoxy groups -OCH3 is 1. The largest absolute Gasteiger partial charge is 0.455 e. The molecule has 2 heterocycles. The van der Waals surface area contributed by atoms with Crippen LogP contribution in [0.4, 0.5) is 23.4 Å². The molecule has 3 aromatic carbocycles. The summed E-state index contributed by atoms with van der Waals surface area (Å²) >= 11 is 7.61. The second-order valence-electron chi connectivity index (χ2n) is 16.9. The quantitative estimate of drug-likeness (QED) is 0.0278. The molecule has 5 rings (SSSR count). The maximum atomic E-state index is 15.5. The van der Waals surface area contributed by atoms with Gasteiger partial charge in [-0.05, 0) is 59.2 Å². The summed E-state index contributed by atoms with van der Waals surface area (Å²) in [5, 5.41) is 3.96. The molecule has 27 heteroatoms. The van der Waals surface area contributed by atoms with Crippen LogP contribution in [0.3, 0.4) is 0 Å². The molecule has 448 valence electrons. The molecule has 0 fully saturated rings. The first kappa shape index (κ1) is 66.8. The second kappa shape index (κ2) is 38.7. The molecule has 1 amide bonds. The molecule has 0 aliphatic heterocycles. The van der Waals surface area contributed by atoms with Crippen LogP contribution >= 0.6 is 22.9 Å². The standard InChI is InChI=1S/C54H69ClF4N4O16S2/c1-67-11-12-69-15-16-71-19-20-73-23-24-75-27-28-77-31-32-78-30-29-76-26-25-74-22-21-72-18-17-70-14-13-68-10-8-53(64)61-38-45-34-43(7-9-60-45)46-35-42(41-3-2-4-44(33-41)54(57,58)59)5-6-49(46)79-50-37-48(56)51(36-47(50)55)81(65,66)63-52-39-80-40-62-52/h2-7,9,33-37,39-40,63H,8,10-32,38H2,1H3,(H,61,64). The van der Waals surface area contributed by atoms with E-state index in [-0.39, 0.29) is 60.0 Å². The maximum Gasteiger partial charge on any atom is 0.416 e. The monoisotopic (exact) mass is 1200 g/mol. The van der Waals surface area contributed by atoms with E-state index in [1.807, 2.05) is 0 Å². The Balaban J connectivity index is 0.898. The molecule has 5 aromatic rings. The summed E-state index contributed by atoms with van der Waals surface area (Å²) in [6, 6.07) is 14.3. The summed E-state index contributed by atoms with van der Waals surface area (Å²) < 4.78 is 156. The lowest BCUT2D eigenvalue weighted by molar-refractivity contribution is -0.137. The number of amides is 1. The van der Waals surface area contributed by atoms with Crippen LogP contribution in [-0.2, 0) is 84.4 Å². The highest BCUT2D eigenvalue weighted by Crippen LogP contribution is 2.41. The van der Waals surface area contributed by atoms with E-state index in [1.165, 1.54) is 41.4 Å². The number of pyridine rings is 1. The minimum Gasteiger partial charge on any atom is -0.455 e. The van der Waals surface area contributed by atoms with E-state index in [2.05, 4.69) is 20.0 Å². The summed E-state index contributed by atoms with van der Waals surface area (Å²) in [5.41, 5.74) is 2.39. The number of benzene rings is 3. The summed E-state index contributed by atoms with van der Waals surface area (Å²) in [7, 11) is -2.81. The first-order valence-corrected chi connectivity index (χ1v) is 28.6. The van der Waals surface area contributed by atoms with E-state index in [4.69, 9.17) is 73.2 Å². The molecule has 0 radical (unpaired) electrons. The van der Waals surface area contributed by atoms with Crippen LogP contribution in [0.2, 0.25) is 5.02 Å². The van der Waals surface area contributed by atoms with Crippen LogP contribution in [0, 0.1) is 5.82 Å². The lowest BCUT2D eigenvalue weighted by Crippen LogP contribution is -2.24. The number of aromatic nitrogens is 2. The van der Waals surface area contributed by atoms with Crippen LogP contribution in [0.15, 0.2) is 88.7 Å². The van der Waals surface area contributed by atoms with Crippen molar-refractivity contribution in [1.29, 1.82) is 0 Å². The summed E-state index contributed by atoms with van der Waals surface area (Å²) in [6.07, 6.45) is -3.07. The lowest BCUT2D eigenvalue weighted by Gasteiger charge is -2.16. The molecule has 0 saturated heterocycles. The third-order valence-electron chi connectivity index (χ3n) is 10.9. The SMILES string of the molecule is COCCOCCOCCOCCOCCOCCOCCOCCOCCOCCOCCOCCC(=O)NCc1cc(-c2cc(-c3cccc(C(F)(F)F)c3)ccc2Oc2cc(F)c(S(=O)(=O)Nc3cscn3)cc2Cl)ccn1. The number of alkyl halides is 3. The molecular weight excluding hydrogens is 1140 g/mol. The Morgan fingerprint density at radius 3 is 1.59 bits per heavy atom. The van der Waals surface area contributed by atoms with Gasteiger partial charge in [-0.2, -0.15) is 13.2 Å². The molecule has 0 saturated carbocycles. The number of nitrogens with one attached hydrogen (secondary N) is 2. The first-order chi connectivity index (χ1) is 39.3. The number of rotatable bonds is 45. The molecule has 2 aromatic heterocycles. The van der Waals surface area contributed by atoms with Crippen LogP contribution in [-0.4, -0.2) is 183 Å². The number of carbonyl (C=O) groups excluding carboxylic acids is 1. The van der Waals surface area contributed by atoms with E-state index < -0.39 is 32.5 Å². The van der Waals surface area contributed by atoms with Gasteiger partial charge in [-0.3, -0.25) is 14.5 Å². The fraction of sp³-hybridized carbons (Fsp3) is 0.500. The minimum atomic E-state index is -4.60. The van der Waals surface area contributed by atoms with Gasteiger partial charge in [-0.15, -0.1) is 11.3 Å². The average molecular weight is 1210 g/mol. The van der Waals surface area contributed by atoms with Crippen molar-refractivity contribution in [2.45, 2.75) is 24.0 Å². The van der Waals surface area contributed by atoms with Crippen LogP contribution in [0.25, 0.3) is 22.3 Å². The van der Waals surface area contributed by atoms with Gasteiger partial charge in [-0.1, -0.05) is 29.8 Å². The Morgan fingerprint density at radius 1 is 0.593 bits per heavy atom. The molecule has 20 nitrogen and oxygen atoms in total. The topological polar surface area (TPSA) is 221 Å². The Hall–Kier alpha value is -5.01. The van der Waals surface area contributed by atoms with Crippen molar-refractivity contribution in [2.24, 2.45) is 0 Å². The van der Waals surface area contributed by atoms with Gasteiger partial charge in [0.15, 0.2) is 5.82 Å². The number of carbonyl (C=O) groups is 1. The van der Waals surface area contributed by atoms with Gasteiger partial charge in [0.25, 0.3) is 10.0 Å². The fourth-order valence-electron chi connectivity index (χ4n) is 6.90. The minimum absolute atomic E-state index is 0.00687. The average Bonchev–Trinajstić information content (AvgIpc) is 4.14. The molecule has 0 atom stereocenters. The number of hydrogen-bond donors (Lipinski definition) is 2. The molecule has 0 unspecified atom stereocenters. The molecule has 2 N–H and O–H groups in total. The Kier molecular flexibility index (Phi) is 31.9. The summed E-state index contributed by atoms with van der Waals surface area (Å²) in [4.78, 5) is 20.2. The Morgan fingerprint density at radius 2 is 1.10 bits per heavy atom. The summed E-state index contributed by atoms with van der Waals surface area (Å²) in [6.45, 7) is 9.91. The molecule has 0 spiro atoms. The second-order valence-corrected chi connectivity index (χ2v) is 19.7. The van der Waals surface area contributed by atoms with Gasteiger partial charge in [-0.25, -0.2) is 17.8 Å². The molecule has 0 aliphatic carbocycles. The lowest BCUT2D eigenvalue weighted by atomic mass is 9.97. The Labute approximate surface area is 477 Å². The third kappa shape index (κ3) is 26.8. The fourth-order valence-corrected chi connectivity index (χ4v) is 8.81. The molecular formula is C54H69ClF4N4O16S2. The number of thiazole rings is 1. The van der Waals surface area contributed by atoms with E-state index in [0.717, 1.165) is 35.6 Å². The highest BCUT2D eigenvalue weighted by Gasteiger charge is 2.31. The number of sulfonamides is 1. The zero-order valence-electron chi connectivity index (χ0n) is 44.9. The van der Waals surface area contributed by atoms with Gasteiger partial charge < -0.3 is 66.9 Å². The predicted octanol–water partition coefficient (Wildman–Crippen LogP) is 8.11. The maximum absolute atomic E-state index is 15.5. The molecule has 0 bridgehead atoms. The van der Waals surface area contributed by atoms with Crippen molar-refractivity contribution in [1.82, 2.24) is 15.3 Å². The van der Waals surface area contributed by atoms with Crippen molar-refractivity contribution in [3.05, 3.63) is 106 Å². The van der Waals surface area contributed by atoms with Crippen molar-refractivity contribution in [3.8, 4) is 33.8 Å². The number of halogens is 5. The van der Waals surface area contributed by atoms with Gasteiger partial charge in [0.2, 0.25) is 5.91 Å². The highest BCUT2D eigenvalue weighted by atomic mass is 35.5. The zero-order valence-corrected chi connectivity index (χ0v) is 47.3. The van der Waals surface area contributed by atoms with E-state index >= 15 is 4.39 Å². The number of nitrogens with zero attached hydrogens (tertiary/aromatic N) is 2. The third-order valence-corrected chi connectivity index (χ3v) is 13.1. The van der Waals surface area contributed by atoms with E-state index in [1.54, 1.807) is 25.3 Å². The van der Waals surface area contributed by atoms with Gasteiger partial charge >= 0.3 is 6.18 Å². The van der Waals surface area contributed by atoms with Gasteiger partial charge in [0, 0.05) is 36.7 Å². The number of anilines is 1. The number of hydrogen-bond acceptors (Lipinski definition) is 19. The van der Waals surface area contributed by atoms with Crippen LogP contribution in [0.5, 0.6) is 11.5 Å². The highest BCUT2D eigenvalue weighted by molar-refractivity contribution is 7.92. The smallest absolute Gasteiger partial charge is 0.416 e. The van der Waals surface area contributed by atoms with Crippen molar-refractivity contribution in [2.75, 3.05) is 164 Å². The van der Waals surface area contributed by atoms with Gasteiger partial charge in [0.1, 0.15) is 22.2 Å². The number of ether oxygens (including phenoxy) is 13. The van der Waals surface area contributed by atoms with Crippen molar-refractivity contribution >= 4 is 44.7 Å². The summed E-state index contributed by atoms with van der Waals surface area (Å²) in [5.74, 6) is -1.66. The molecule has 81 heavy (non-hydrogen) atoms. The first-order valence-electron chi connectivity index (χ1n) is 25.8. The van der Waals surface area contributed by atoms with E-state index in [9.17, 15) is 26.4 Å². The Bertz CT molecular complexity index is 2670. The van der Waals surface area contributed by atoms with Gasteiger partial charge in [0.05, 0.1) is 180 Å². The van der Waals surface area contributed by atoms with E-state index in [0.29, 0.717) is 161 Å². The zero-order chi connectivity index (χ0) is 57.8. The van der Waals surface area contributed by atoms with Crippen LogP contribution < -0.4 is 14.8 Å². The van der Waals surface area contributed by atoms with Crippen molar-refractivity contribution in [3.63, 3.8) is 0 Å². The normalized spacial score (nSPS) is 11.8. The predicted molar refractivity (Wildman–Crippen MR) is 292 cm³/mol.